The van der Waals surface area contributed by atoms with Gasteiger partial charge in [-0.25, -0.2) is 0 Å². The molecule has 4 atom stereocenters. The zero-order chi connectivity index (χ0) is 31.3. The van der Waals surface area contributed by atoms with Gasteiger partial charge in [-0.2, -0.15) is 0 Å². The van der Waals surface area contributed by atoms with E-state index in [-0.39, 0.29) is 52.1 Å². The Morgan fingerprint density at radius 1 is 0.415 bits per heavy atom. The van der Waals surface area contributed by atoms with Gasteiger partial charge in [0, 0.05) is 51.4 Å². The van der Waals surface area contributed by atoms with Crippen molar-refractivity contribution in [2.45, 2.75) is 132 Å². The standard InChI is InChI=1S/C29H52O12/c1-9-21(30)38-25(13-5)34-17-29(18-35-26(14-6)39-22(31)10-2,19-36-27(15-7)40-23(32)11-3)20-37-28(16-8)41-24(33)12-4/h25-28H,9-20H2,1-8H3. The third-order valence-electron chi connectivity index (χ3n) is 5.84. The smallest absolute Gasteiger partial charge is 0.307 e. The van der Waals surface area contributed by atoms with Gasteiger partial charge in [0.05, 0.1) is 31.8 Å². The van der Waals surface area contributed by atoms with Crippen LogP contribution in [0.4, 0.5) is 0 Å². The molecule has 240 valence electrons. The van der Waals surface area contributed by atoms with Gasteiger partial charge in [0.25, 0.3) is 0 Å². The Morgan fingerprint density at radius 3 is 0.756 bits per heavy atom. The van der Waals surface area contributed by atoms with Crippen LogP contribution in [0.15, 0.2) is 0 Å². The second-order valence-electron chi connectivity index (χ2n) is 9.47. The van der Waals surface area contributed by atoms with Crippen LogP contribution in [0.25, 0.3) is 0 Å². The molecule has 0 aliphatic carbocycles. The summed E-state index contributed by atoms with van der Waals surface area (Å²) in [6.07, 6.45) is -1.12. The maximum atomic E-state index is 11.9. The molecule has 0 N–H and O–H groups in total. The predicted octanol–water partition coefficient (Wildman–Crippen LogP) is 4.80. The third kappa shape index (κ3) is 16.7. The highest BCUT2D eigenvalue weighted by Gasteiger charge is 2.37. The van der Waals surface area contributed by atoms with Gasteiger partial charge in [0.1, 0.15) is 0 Å². The molecule has 0 aliphatic rings. The van der Waals surface area contributed by atoms with Gasteiger partial charge < -0.3 is 37.9 Å². The van der Waals surface area contributed by atoms with Gasteiger partial charge in [-0.3, -0.25) is 19.2 Å². The summed E-state index contributed by atoms with van der Waals surface area (Å²) >= 11 is 0. The van der Waals surface area contributed by atoms with Crippen molar-refractivity contribution < 1.29 is 57.1 Å². The molecule has 0 aliphatic heterocycles. The third-order valence-corrected chi connectivity index (χ3v) is 5.84. The van der Waals surface area contributed by atoms with Crippen molar-refractivity contribution in [2.75, 3.05) is 26.4 Å². The van der Waals surface area contributed by atoms with Crippen LogP contribution in [0.3, 0.4) is 0 Å². The fourth-order valence-corrected chi connectivity index (χ4v) is 3.19. The van der Waals surface area contributed by atoms with E-state index in [9.17, 15) is 19.2 Å². The summed E-state index contributed by atoms with van der Waals surface area (Å²) in [6.45, 7) is 13.7. The van der Waals surface area contributed by atoms with E-state index in [1.54, 1.807) is 27.7 Å². The van der Waals surface area contributed by atoms with Gasteiger partial charge in [-0.1, -0.05) is 55.4 Å². The largest absolute Gasteiger partial charge is 0.436 e. The van der Waals surface area contributed by atoms with Crippen molar-refractivity contribution in [3.8, 4) is 0 Å². The first kappa shape index (κ1) is 38.7. The van der Waals surface area contributed by atoms with Crippen LogP contribution >= 0.6 is 0 Å². The van der Waals surface area contributed by atoms with E-state index >= 15 is 0 Å². The zero-order valence-corrected chi connectivity index (χ0v) is 26.2. The molecule has 0 spiro atoms. The average Bonchev–Trinajstić information content (AvgIpc) is 3.00. The van der Waals surface area contributed by atoms with E-state index in [1.807, 2.05) is 27.7 Å². The number of hydrogen-bond acceptors (Lipinski definition) is 12. The van der Waals surface area contributed by atoms with E-state index in [2.05, 4.69) is 0 Å². The first-order chi connectivity index (χ1) is 19.5. The lowest BCUT2D eigenvalue weighted by Gasteiger charge is -2.36. The molecule has 41 heavy (non-hydrogen) atoms. The minimum atomic E-state index is -1.09. The first-order valence-corrected chi connectivity index (χ1v) is 14.8. The van der Waals surface area contributed by atoms with Crippen LogP contribution in [0.5, 0.6) is 0 Å². The summed E-state index contributed by atoms with van der Waals surface area (Å²) in [4.78, 5) is 47.8. The number of esters is 4. The van der Waals surface area contributed by atoms with Crippen LogP contribution in [0, 0.1) is 5.41 Å². The number of carbonyl (C=O) groups excluding carboxylic acids is 4. The van der Waals surface area contributed by atoms with Crippen molar-refractivity contribution in [2.24, 2.45) is 5.41 Å². The summed E-state index contributed by atoms with van der Waals surface area (Å²) in [5.74, 6) is -1.67. The number of ether oxygens (including phenoxy) is 8. The molecule has 0 bridgehead atoms. The molecule has 0 amide bonds. The summed E-state index contributed by atoms with van der Waals surface area (Å²) in [6, 6.07) is 0. The molecule has 0 rings (SSSR count). The maximum Gasteiger partial charge on any atom is 0.307 e. The summed E-state index contributed by atoms with van der Waals surface area (Å²) < 4.78 is 45.7. The molecule has 0 heterocycles. The Morgan fingerprint density at radius 2 is 0.610 bits per heavy atom. The highest BCUT2D eigenvalue weighted by Crippen LogP contribution is 2.26. The lowest BCUT2D eigenvalue weighted by molar-refractivity contribution is -0.239. The zero-order valence-electron chi connectivity index (χ0n) is 26.2. The van der Waals surface area contributed by atoms with Crippen LogP contribution < -0.4 is 0 Å². The molecule has 0 aromatic rings. The van der Waals surface area contributed by atoms with Crippen molar-refractivity contribution in [3.05, 3.63) is 0 Å². The van der Waals surface area contributed by atoms with Gasteiger partial charge in [-0.05, 0) is 0 Å². The van der Waals surface area contributed by atoms with Crippen LogP contribution in [0.1, 0.15) is 107 Å². The molecule has 4 unspecified atom stereocenters. The molecule has 0 radical (unpaired) electrons. The van der Waals surface area contributed by atoms with E-state index in [0.29, 0.717) is 25.7 Å². The molecule has 0 aromatic heterocycles. The molecule has 0 saturated heterocycles. The molecule has 12 heteroatoms. The van der Waals surface area contributed by atoms with Crippen LogP contribution in [-0.2, 0) is 57.1 Å². The quantitative estimate of drug-likeness (QED) is 0.0863. The van der Waals surface area contributed by atoms with Gasteiger partial charge in [-0.15, -0.1) is 0 Å². The minimum absolute atomic E-state index is 0.0724. The molecular formula is C29H52O12. The molecular weight excluding hydrogens is 540 g/mol. The molecule has 0 saturated carbocycles. The summed E-state index contributed by atoms with van der Waals surface area (Å²) in [5, 5.41) is 0. The van der Waals surface area contributed by atoms with Crippen molar-refractivity contribution in [1.29, 1.82) is 0 Å². The monoisotopic (exact) mass is 592 g/mol. The Labute approximate surface area is 245 Å². The number of carbonyl (C=O) groups is 4. The highest BCUT2D eigenvalue weighted by molar-refractivity contribution is 5.69. The molecule has 12 nitrogen and oxygen atoms in total. The van der Waals surface area contributed by atoms with E-state index in [4.69, 9.17) is 37.9 Å². The molecule has 0 aromatic carbocycles. The Bertz CT molecular complexity index is 631. The van der Waals surface area contributed by atoms with Crippen LogP contribution in [0.2, 0.25) is 0 Å². The van der Waals surface area contributed by atoms with Crippen molar-refractivity contribution in [1.82, 2.24) is 0 Å². The lowest BCUT2D eigenvalue weighted by atomic mass is 9.92. The van der Waals surface area contributed by atoms with Gasteiger partial charge in [0.2, 0.25) is 25.2 Å². The highest BCUT2D eigenvalue weighted by atomic mass is 16.7. The first-order valence-electron chi connectivity index (χ1n) is 14.8. The summed E-state index contributed by atoms with van der Waals surface area (Å²) in [7, 11) is 0. The topological polar surface area (TPSA) is 142 Å². The number of rotatable bonds is 24. The van der Waals surface area contributed by atoms with Gasteiger partial charge >= 0.3 is 23.9 Å². The Balaban J connectivity index is 6.20. The fourth-order valence-electron chi connectivity index (χ4n) is 3.19. The molecule has 0 fully saturated rings. The van der Waals surface area contributed by atoms with Gasteiger partial charge in [0.15, 0.2) is 0 Å². The SMILES string of the molecule is CCC(=O)OC(CC)OCC(COC(CC)OC(=O)CC)(COC(CC)OC(=O)CC)COC(CC)OC(=O)CC. The predicted molar refractivity (Wildman–Crippen MR) is 148 cm³/mol. The summed E-state index contributed by atoms with van der Waals surface area (Å²) in [5.41, 5.74) is -1.09. The normalized spacial score (nSPS) is 15.6. The second kappa shape index (κ2) is 22.3. The van der Waals surface area contributed by atoms with Crippen LogP contribution in [-0.4, -0.2) is 75.5 Å². The second-order valence-corrected chi connectivity index (χ2v) is 9.47. The fraction of sp³-hybridized carbons (Fsp3) is 0.862. The lowest BCUT2D eigenvalue weighted by Crippen LogP contribution is -2.46. The van der Waals surface area contributed by atoms with Crippen molar-refractivity contribution in [3.63, 3.8) is 0 Å². The van der Waals surface area contributed by atoms with E-state index in [0.717, 1.165) is 0 Å². The number of hydrogen-bond donors (Lipinski definition) is 0. The average molecular weight is 593 g/mol. The Kier molecular flexibility index (Phi) is 21.1. The van der Waals surface area contributed by atoms with E-state index < -0.39 is 54.5 Å². The minimum Gasteiger partial charge on any atom is -0.436 e. The van der Waals surface area contributed by atoms with Crippen molar-refractivity contribution >= 4 is 23.9 Å². The maximum absolute atomic E-state index is 11.9. The Hall–Kier alpha value is -2.28. The van der Waals surface area contributed by atoms with E-state index in [1.165, 1.54) is 0 Å².